The first kappa shape index (κ1) is 20.1. The first-order valence-electron chi connectivity index (χ1n) is 8.68. The minimum Gasteiger partial charge on any atom is -0.480 e. The number of hydrogen-bond acceptors (Lipinski definition) is 3. The van der Waals surface area contributed by atoms with Gasteiger partial charge in [0.15, 0.2) is 0 Å². The average molecular weight is 298 g/mol. The molecule has 2 N–H and O–H groups in total. The van der Waals surface area contributed by atoms with Gasteiger partial charge in [-0.05, 0) is 19.4 Å². The second kappa shape index (κ2) is 17.2. The van der Waals surface area contributed by atoms with Crippen molar-refractivity contribution in [3.8, 4) is 0 Å². The van der Waals surface area contributed by atoms with Crippen LogP contribution < -0.4 is 5.32 Å². The molecule has 0 radical (unpaired) electrons. The van der Waals surface area contributed by atoms with Crippen LogP contribution in [0.2, 0.25) is 0 Å². The van der Waals surface area contributed by atoms with Gasteiger partial charge in [0, 0.05) is 12.8 Å². The summed E-state index contributed by atoms with van der Waals surface area (Å²) in [5.74, 6) is -0.871. The zero-order chi connectivity index (χ0) is 15.6. The fourth-order valence-corrected chi connectivity index (χ4v) is 2.26. The van der Waals surface area contributed by atoms with E-state index in [0.717, 1.165) is 19.5 Å². The predicted molar refractivity (Wildman–Crippen MR) is 90.3 cm³/mol. The molecule has 21 heavy (non-hydrogen) atoms. The Kier molecular flexibility index (Phi) is 16.4. The summed E-state index contributed by atoms with van der Waals surface area (Å²) < 4.78 is 0. The van der Waals surface area contributed by atoms with Gasteiger partial charge >= 0.3 is 5.97 Å². The summed E-state index contributed by atoms with van der Waals surface area (Å²) >= 11 is 0. The van der Waals surface area contributed by atoms with Crippen LogP contribution in [0.15, 0.2) is 4.99 Å². The molecule has 0 bridgehead atoms. The molecule has 0 aliphatic carbocycles. The van der Waals surface area contributed by atoms with Crippen LogP contribution in [-0.4, -0.2) is 36.9 Å². The number of carboxylic acid groups (broad SMARTS) is 1. The monoisotopic (exact) mass is 298 g/mol. The molecule has 124 valence electrons. The molecule has 0 saturated heterocycles. The van der Waals surface area contributed by atoms with Gasteiger partial charge in [0.1, 0.15) is 6.54 Å². The van der Waals surface area contributed by atoms with Gasteiger partial charge in [-0.25, -0.2) is 0 Å². The number of nitrogens with one attached hydrogen (secondary N) is 1. The summed E-state index contributed by atoms with van der Waals surface area (Å²) in [6, 6.07) is 0. The minimum absolute atomic E-state index is 0.113. The van der Waals surface area contributed by atoms with Crippen LogP contribution in [0.5, 0.6) is 0 Å². The molecule has 0 rings (SSSR count). The van der Waals surface area contributed by atoms with E-state index in [9.17, 15) is 4.79 Å². The maximum Gasteiger partial charge on any atom is 0.325 e. The Labute approximate surface area is 130 Å². The molecular formula is C17H34N2O2. The molecule has 0 aliphatic rings. The van der Waals surface area contributed by atoms with Crippen molar-refractivity contribution in [3.63, 3.8) is 0 Å². The van der Waals surface area contributed by atoms with Gasteiger partial charge in [-0.3, -0.25) is 9.79 Å². The average Bonchev–Trinajstić information content (AvgIpc) is 2.46. The van der Waals surface area contributed by atoms with Crippen molar-refractivity contribution in [1.29, 1.82) is 0 Å². The normalized spacial score (nSPS) is 11.3. The lowest BCUT2D eigenvalue weighted by Crippen LogP contribution is -2.17. The maximum absolute atomic E-state index is 10.2. The standard InChI is InChI=1S/C17H34N2O2/c1-2-3-4-5-6-7-8-9-10-11-13-18-14-12-15-19-16-17(20)21/h15,18H,2-14,16H2,1H3,(H,20,21). The second-order valence-corrected chi connectivity index (χ2v) is 5.64. The number of unbranched alkanes of at least 4 members (excludes halogenated alkanes) is 9. The van der Waals surface area contributed by atoms with E-state index in [4.69, 9.17) is 5.11 Å². The van der Waals surface area contributed by atoms with Crippen molar-refractivity contribution in [2.24, 2.45) is 4.99 Å². The van der Waals surface area contributed by atoms with Crippen LogP contribution in [0.1, 0.15) is 77.6 Å². The van der Waals surface area contributed by atoms with Gasteiger partial charge < -0.3 is 10.4 Å². The highest BCUT2D eigenvalue weighted by molar-refractivity contribution is 5.71. The molecule has 0 aliphatic heterocycles. The quantitative estimate of drug-likeness (QED) is 0.334. The Bertz CT molecular complexity index is 255. The van der Waals surface area contributed by atoms with Crippen LogP contribution >= 0.6 is 0 Å². The zero-order valence-corrected chi connectivity index (χ0v) is 13.8. The van der Waals surface area contributed by atoms with Crippen LogP contribution in [0.25, 0.3) is 0 Å². The highest BCUT2D eigenvalue weighted by Gasteiger charge is 1.93. The van der Waals surface area contributed by atoms with Crippen LogP contribution in [0.3, 0.4) is 0 Å². The lowest BCUT2D eigenvalue weighted by molar-refractivity contribution is -0.135. The third-order valence-corrected chi connectivity index (χ3v) is 3.51. The Morgan fingerprint density at radius 1 is 0.952 bits per heavy atom. The van der Waals surface area contributed by atoms with E-state index < -0.39 is 5.97 Å². The lowest BCUT2D eigenvalue weighted by atomic mass is 10.1. The van der Waals surface area contributed by atoms with E-state index in [2.05, 4.69) is 17.2 Å². The summed E-state index contributed by atoms with van der Waals surface area (Å²) in [6.45, 7) is 4.10. The third kappa shape index (κ3) is 19.1. The van der Waals surface area contributed by atoms with Gasteiger partial charge in [0.2, 0.25) is 0 Å². The largest absolute Gasteiger partial charge is 0.480 e. The number of hydrogen-bond donors (Lipinski definition) is 2. The highest BCUT2D eigenvalue weighted by Crippen LogP contribution is 2.10. The Morgan fingerprint density at radius 2 is 1.52 bits per heavy atom. The number of aliphatic carboxylic acids is 1. The van der Waals surface area contributed by atoms with Gasteiger partial charge in [0.25, 0.3) is 0 Å². The Hall–Kier alpha value is -0.900. The second-order valence-electron chi connectivity index (χ2n) is 5.64. The van der Waals surface area contributed by atoms with Crippen molar-refractivity contribution >= 4 is 12.2 Å². The fourth-order valence-electron chi connectivity index (χ4n) is 2.26. The third-order valence-electron chi connectivity index (χ3n) is 3.51. The first-order chi connectivity index (χ1) is 10.3. The predicted octanol–water partition coefficient (Wildman–Crippen LogP) is 4.04. The minimum atomic E-state index is -0.871. The van der Waals surface area contributed by atoms with E-state index in [-0.39, 0.29) is 6.54 Å². The fraction of sp³-hybridized carbons (Fsp3) is 0.882. The molecule has 4 nitrogen and oxygen atoms in total. The Balaban J connectivity index is 3.02. The summed E-state index contributed by atoms with van der Waals surface area (Å²) in [4.78, 5) is 14.0. The van der Waals surface area contributed by atoms with Crippen LogP contribution in [-0.2, 0) is 4.79 Å². The molecule has 0 aromatic heterocycles. The van der Waals surface area contributed by atoms with Crippen LogP contribution in [0, 0.1) is 0 Å². The molecule has 0 fully saturated rings. The number of aliphatic imine (C=N–C) groups is 1. The van der Waals surface area contributed by atoms with Gasteiger partial charge in [0.05, 0.1) is 0 Å². The molecule has 0 unspecified atom stereocenters. The molecule has 0 saturated carbocycles. The lowest BCUT2D eigenvalue weighted by Gasteiger charge is -2.03. The van der Waals surface area contributed by atoms with E-state index >= 15 is 0 Å². The van der Waals surface area contributed by atoms with Crippen molar-refractivity contribution in [2.45, 2.75) is 77.6 Å². The molecule has 4 heteroatoms. The van der Waals surface area contributed by atoms with Crippen molar-refractivity contribution in [3.05, 3.63) is 0 Å². The van der Waals surface area contributed by atoms with Gasteiger partial charge in [-0.15, -0.1) is 0 Å². The molecule has 0 aromatic rings. The van der Waals surface area contributed by atoms with Crippen molar-refractivity contribution in [1.82, 2.24) is 5.32 Å². The number of rotatable bonds is 16. The summed E-state index contributed by atoms with van der Waals surface area (Å²) in [6.07, 6.45) is 16.2. The first-order valence-corrected chi connectivity index (χ1v) is 8.68. The molecule has 0 heterocycles. The molecular weight excluding hydrogens is 264 g/mol. The summed E-state index contributed by atoms with van der Waals surface area (Å²) in [5, 5.41) is 11.8. The van der Waals surface area contributed by atoms with Crippen molar-refractivity contribution in [2.75, 3.05) is 19.6 Å². The van der Waals surface area contributed by atoms with Crippen molar-refractivity contribution < 1.29 is 9.90 Å². The van der Waals surface area contributed by atoms with Gasteiger partial charge in [-0.1, -0.05) is 64.7 Å². The van der Waals surface area contributed by atoms with Gasteiger partial charge in [-0.2, -0.15) is 0 Å². The number of carboxylic acids is 1. The van der Waals surface area contributed by atoms with E-state index in [0.29, 0.717) is 0 Å². The summed E-state index contributed by atoms with van der Waals surface area (Å²) in [5.41, 5.74) is 0. The molecule has 0 aromatic carbocycles. The van der Waals surface area contributed by atoms with E-state index in [1.807, 2.05) is 0 Å². The smallest absolute Gasteiger partial charge is 0.325 e. The number of carbonyl (C=O) groups is 1. The maximum atomic E-state index is 10.2. The summed E-state index contributed by atoms with van der Waals surface area (Å²) in [7, 11) is 0. The molecule has 0 atom stereocenters. The van der Waals surface area contributed by atoms with E-state index in [1.54, 1.807) is 6.21 Å². The molecule has 0 spiro atoms. The van der Waals surface area contributed by atoms with E-state index in [1.165, 1.54) is 64.2 Å². The Morgan fingerprint density at radius 3 is 2.10 bits per heavy atom. The zero-order valence-electron chi connectivity index (χ0n) is 13.8. The SMILES string of the molecule is CCCCCCCCCCCCNCCC=NCC(=O)O. The van der Waals surface area contributed by atoms with Crippen LogP contribution in [0.4, 0.5) is 0 Å². The number of nitrogens with zero attached hydrogens (tertiary/aromatic N) is 1. The molecule has 0 amide bonds. The highest BCUT2D eigenvalue weighted by atomic mass is 16.4. The topological polar surface area (TPSA) is 61.7 Å².